The topological polar surface area (TPSA) is 134 Å². The summed E-state index contributed by atoms with van der Waals surface area (Å²) in [6, 6.07) is 2.18. The molecule has 0 saturated carbocycles. The molecule has 5 heterocycles. The maximum Gasteiger partial charge on any atom is 0.333 e. The largest absolute Gasteiger partial charge is 0.460 e. The number of hydrogen-bond donors (Lipinski definition) is 1. The van der Waals surface area contributed by atoms with Crippen LogP contribution >= 0.6 is 0 Å². The summed E-state index contributed by atoms with van der Waals surface area (Å²) in [4.78, 5) is 43.6. The highest BCUT2D eigenvalue weighted by Gasteiger charge is 2.53. The molecule has 5 aliphatic rings. The van der Waals surface area contributed by atoms with Gasteiger partial charge in [0.05, 0.1) is 16.7 Å². The van der Waals surface area contributed by atoms with Gasteiger partial charge in [0.25, 0.3) is 27.6 Å². The molecule has 0 aromatic heterocycles. The highest BCUT2D eigenvalue weighted by atomic mass is 32.2. The molecule has 1 fully saturated rings. The molecule has 2 amide bonds. The van der Waals surface area contributed by atoms with Crippen molar-refractivity contribution in [1.82, 2.24) is 5.06 Å². The summed E-state index contributed by atoms with van der Waals surface area (Å²) in [6.07, 6.45) is 11.7. The molecule has 1 atom stereocenters. The zero-order valence-corrected chi connectivity index (χ0v) is 35.8. The molecule has 11 nitrogen and oxygen atoms in total. The van der Waals surface area contributed by atoms with Crippen LogP contribution in [0.2, 0.25) is 0 Å². The van der Waals surface area contributed by atoms with Gasteiger partial charge in [0, 0.05) is 67.1 Å². The monoisotopic (exact) mass is 870 g/mol. The van der Waals surface area contributed by atoms with Crippen LogP contribution in [0.4, 0.5) is 28.9 Å². The third-order valence-corrected chi connectivity index (χ3v) is 13.1. The average molecular weight is 871 g/mol. The van der Waals surface area contributed by atoms with Crippen molar-refractivity contribution in [2.45, 2.75) is 117 Å². The summed E-state index contributed by atoms with van der Waals surface area (Å²) in [5.74, 6) is -8.10. The number of carbonyl (C=O) groups is 3. The summed E-state index contributed by atoms with van der Waals surface area (Å²) in [5.41, 5.74) is 3.00. The molecule has 1 unspecified atom stereocenters. The maximum atomic E-state index is 16.1. The van der Waals surface area contributed by atoms with Gasteiger partial charge in [-0.2, -0.15) is 17.4 Å². The van der Waals surface area contributed by atoms with E-state index in [2.05, 4.69) is 31.7 Å². The Morgan fingerprint density at radius 2 is 1.64 bits per heavy atom. The third-order valence-electron chi connectivity index (χ3n) is 12.3. The third kappa shape index (κ3) is 8.79. The molecule has 1 saturated heterocycles. The molecular weight excluding hydrogens is 819 g/mol. The average Bonchev–Trinajstić information content (AvgIpc) is 3.64. The number of hydroxylamine groups is 2. The van der Waals surface area contributed by atoms with E-state index in [0.29, 0.717) is 17.2 Å². The van der Waals surface area contributed by atoms with E-state index in [1.807, 2.05) is 12.2 Å². The first-order chi connectivity index (χ1) is 28.8. The van der Waals surface area contributed by atoms with Gasteiger partial charge in [-0.25, -0.2) is 18.0 Å². The van der Waals surface area contributed by atoms with Crippen molar-refractivity contribution in [3.63, 3.8) is 0 Å². The Labute approximate surface area is 353 Å². The number of amides is 2. The number of imide groups is 1. The number of carbonyl (C=O) groups excluding carboxylic acids is 3. The van der Waals surface area contributed by atoms with Crippen LogP contribution in [0.5, 0.6) is 5.75 Å². The lowest BCUT2D eigenvalue weighted by Crippen LogP contribution is -2.35. The minimum Gasteiger partial charge on any atom is -0.460 e. The first kappa shape index (κ1) is 44.2. The number of rotatable bonds is 14. The van der Waals surface area contributed by atoms with E-state index in [-0.39, 0.29) is 63.3 Å². The molecule has 61 heavy (non-hydrogen) atoms. The summed E-state index contributed by atoms with van der Waals surface area (Å²) in [6.45, 7) is 9.72. The lowest BCUT2D eigenvalue weighted by molar-refractivity contribution is -0.441. The van der Waals surface area contributed by atoms with E-state index in [9.17, 15) is 27.4 Å². The van der Waals surface area contributed by atoms with Crippen molar-refractivity contribution in [1.29, 1.82) is 0 Å². The second-order valence-corrected chi connectivity index (χ2v) is 19.3. The van der Waals surface area contributed by atoms with E-state index >= 15 is 17.6 Å². The molecule has 1 N–H and O–H groups in total. The molecule has 2 aromatic carbocycles. The number of hydrogen-bond acceptors (Lipinski definition) is 8. The predicted octanol–water partition coefficient (Wildman–Crippen LogP) is 8.49. The molecule has 0 radical (unpaired) electrons. The highest BCUT2D eigenvalue weighted by Crippen LogP contribution is 2.50. The fourth-order valence-corrected chi connectivity index (χ4v) is 9.81. The summed E-state index contributed by atoms with van der Waals surface area (Å²) in [7, 11) is -4.33. The van der Waals surface area contributed by atoms with Gasteiger partial charge in [-0.15, -0.1) is 5.06 Å². The Hall–Kier alpha value is -4.83. The molecule has 16 heteroatoms. The van der Waals surface area contributed by atoms with E-state index in [1.165, 1.54) is 21.4 Å². The van der Waals surface area contributed by atoms with Crippen molar-refractivity contribution in [3.8, 4) is 5.75 Å². The lowest BCUT2D eigenvalue weighted by Gasteiger charge is -2.40. The SMILES string of the molecule is CC(C)(C)C1=CC(=CC=CC2=[N+](CCCCCC(=O)ON3C(=O)CCC3=O)c3c(F)c(F)c(F)c(F)c3C2(C)CCCCS(=O)(=O)O)c2cc3c4c(c2O1)CCCN4CCC3. The number of aryl methyl sites for hydroxylation is 1. The number of unbranched alkanes of at least 4 members (excludes halogenated alkanes) is 3. The maximum absolute atomic E-state index is 16.1. The van der Waals surface area contributed by atoms with Gasteiger partial charge in [-0.1, -0.05) is 39.3 Å². The summed E-state index contributed by atoms with van der Waals surface area (Å²) < 4.78 is 103. The van der Waals surface area contributed by atoms with Crippen molar-refractivity contribution >= 4 is 50.6 Å². The number of fused-ring (bicyclic) bond motifs is 3. The van der Waals surface area contributed by atoms with Crippen molar-refractivity contribution < 1.29 is 59.1 Å². The minimum atomic E-state index is -4.33. The quantitative estimate of drug-likeness (QED) is 0.0378. The van der Waals surface area contributed by atoms with E-state index in [1.54, 1.807) is 19.1 Å². The van der Waals surface area contributed by atoms with Crippen LogP contribution in [0.3, 0.4) is 0 Å². The fourth-order valence-electron chi connectivity index (χ4n) is 9.24. The number of nitrogens with zero attached hydrogens (tertiary/aromatic N) is 3. The first-order valence-corrected chi connectivity index (χ1v) is 22.7. The number of halogens is 4. The van der Waals surface area contributed by atoms with Crippen LogP contribution in [0, 0.1) is 28.7 Å². The molecule has 0 aliphatic carbocycles. The Morgan fingerprint density at radius 3 is 2.33 bits per heavy atom. The molecule has 328 valence electrons. The second-order valence-electron chi connectivity index (χ2n) is 17.7. The smallest absolute Gasteiger partial charge is 0.333 e. The molecule has 7 rings (SSSR count). The van der Waals surface area contributed by atoms with E-state index in [4.69, 9.17) is 9.57 Å². The van der Waals surface area contributed by atoms with Crippen molar-refractivity contribution in [2.75, 3.05) is 30.3 Å². The summed E-state index contributed by atoms with van der Waals surface area (Å²) >= 11 is 0. The van der Waals surface area contributed by atoms with Crippen molar-refractivity contribution in [3.05, 3.63) is 81.7 Å². The Balaban J connectivity index is 1.26. The number of allylic oxidation sites excluding steroid dienone is 6. The van der Waals surface area contributed by atoms with Crippen LogP contribution in [0.25, 0.3) is 5.57 Å². The molecule has 5 aliphatic heterocycles. The molecule has 2 aromatic rings. The van der Waals surface area contributed by atoms with Crippen LogP contribution in [-0.2, 0) is 47.6 Å². The van der Waals surface area contributed by atoms with Gasteiger partial charge < -0.3 is 14.5 Å². The van der Waals surface area contributed by atoms with E-state index in [0.717, 1.165) is 61.4 Å². The van der Waals surface area contributed by atoms with Crippen LogP contribution in [0.1, 0.15) is 121 Å². The zero-order valence-electron chi connectivity index (χ0n) is 35.0. The number of benzene rings is 2. The minimum absolute atomic E-state index is 0.0137. The Bertz CT molecular complexity index is 2400. The first-order valence-electron chi connectivity index (χ1n) is 21.1. The highest BCUT2D eigenvalue weighted by molar-refractivity contribution is 7.85. The Morgan fingerprint density at radius 1 is 0.951 bits per heavy atom. The van der Waals surface area contributed by atoms with Crippen LogP contribution in [-0.4, -0.2) is 71.5 Å². The zero-order chi connectivity index (χ0) is 44.0. The van der Waals surface area contributed by atoms with Gasteiger partial charge in [-0.3, -0.25) is 14.1 Å². The fraction of sp³-hybridized carbons (Fsp3) is 0.511. The molecule has 0 bridgehead atoms. The predicted molar refractivity (Wildman–Crippen MR) is 220 cm³/mol. The van der Waals surface area contributed by atoms with Gasteiger partial charge in [0.1, 0.15) is 18.1 Å². The van der Waals surface area contributed by atoms with Crippen LogP contribution < -0.4 is 9.64 Å². The Kier molecular flexibility index (Phi) is 12.4. The lowest BCUT2D eigenvalue weighted by atomic mass is 9.75. The van der Waals surface area contributed by atoms with Gasteiger partial charge in [0.2, 0.25) is 11.6 Å². The standard InChI is InChI=1S/C45H51F4N3O8S/c1-44(2,3)32-26-27(30-25-28-14-11-21-50-22-12-15-29(41(28)50)43(30)59-32)13-10-16-31-45(4,20-7-9-24-61(56,57)58)36-37(46)38(47)39(48)40(49)42(36)51(31)23-8-5-6-17-35(55)60-52-33(53)18-19-34(52)54/h10,13,16,25-26H,5-9,11-12,14-15,17-24H2,1-4H3/p+1. The normalized spacial score (nSPS) is 20.7. The van der Waals surface area contributed by atoms with E-state index < -0.39 is 73.6 Å². The van der Waals surface area contributed by atoms with Crippen molar-refractivity contribution in [2.24, 2.45) is 5.41 Å². The number of anilines is 1. The second kappa shape index (κ2) is 17.1. The van der Waals surface area contributed by atoms with Gasteiger partial charge >= 0.3 is 5.97 Å². The molecular formula is C45H52F4N3O8S+. The molecule has 0 spiro atoms. The van der Waals surface area contributed by atoms with Gasteiger partial charge in [0.15, 0.2) is 17.3 Å². The van der Waals surface area contributed by atoms with Gasteiger partial charge in [-0.05, 0) is 81.6 Å². The summed E-state index contributed by atoms with van der Waals surface area (Å²) in [5, 5.41) is 0.463. The van der Waals surface area contributed by atoms with Crippen LogP contribution in [0.15, 0.2) is 36.1 Å². The number of ether oxygens (including phenoxy) is 1.